The van der Waals surface area contributed by atoms with Crippen LogP contribution in [0, 0.1) is 25.2 Å². The second-order valence-corrected chi connectivity index (χ2v) is 5.79. The number of amides is 1. The second-order valence-electron chi connectivity index (χ2n) is 5.79. The van der Waals surface area contributed by atoms with Gasteiger partial charge in [-0.25, -0.2) is 9.50 Å². The number of nitrogens with zero attached hydrogens (tertiary/aromatic N) is 4. The Morgan fingerprint density at radius 2 is 2.25 bits per heavy atom. The van der Waals surface area contributed by atoms with Crippen LogP contribution in [-0.2, 0) is 16.0 Å². The molecular weight excluding hydrogens is 306 g/mol. The van der Waals surface area contributed by atoms with Gasteiger partial charge in [0.15, 0.2) is 5.65 Å². The van der Waals surface area contributed by atoms with Crippen molar-refractivity contribution in [3.8, 4) is 6.07 Å². The van der Waals surface area contributed by atoms with E-state index in [1.165, 1.54) is 6.20 Å². The number of hydrogen-bond donors (Lipinski definition) is 1. The molecule has 1 N–H and O–H groups in total. The van der Waals surface area contributed by atoms with Crippen molar-refractivity contribution in [2.45, 2.75) is 46.1 Å². The Morgan fingerprint density at radius 1 is 1.50 bits per heavy atom. The van der Waals surface area contributed by atoms with Crippen molar-refractivity contribution >= 4 is 11.6 Å². The van der Waals surface area contributed by atoms with Crippen LogP contribution in [0.5, 0.6) is 0 Å². The highest BCUT2D eigenvalue weighted by molar-refractivity contribution is 5.76. The summed E-state index contributed by atoms with van der Waals surface area (Å²) in [5.74, 6) is -0.00373. The molecule has 7 nitrogen and oxygen atoms in total. The summed E-state index contributed by atoms with van der Waals surface area (Å²) in [6, 6.07) is 2.13. The molecule has 0 saturated carbocycles. The zero-order chi connectivity index (χ0) is 17.7. The highest BCUT2D eigenvalue weighted by atomic mass is 16.5. The van der Waals surface area contributed by atoms with E-state index in [-0.39, 0.29) is 11.9 Å². The van der Waals surface area contributed by atoms with Gasteiger partial charge in [0.25, 0.3) is 0 Å². The van der Waals surface area contributed by atoms with Gasteiger partial charge in [0.2, 0.25) is 5.91 Å². The minimum absolute atomic E-state index is 0.00373. The smallest absolute Gasteiger partial charge is 0.220 e. The molecule has 1 unspecified atom stereocenters. The summed E-state index contributed by atoms with van der Waals surface area (Å²) in [6.07, 6.45) is 3.30. The standard InChI is InChI=1S/C17H23N5O2/c1-5-14(10-24-4)21-16(23)7-6-15-11(2)20-17-13(8-18)9-19-22(17)12(15)3/h9,14H,5-7,10H2,1-4H3,(H,21,23). The Morgan fingerprint density at radius 3 is 2.88 bits per heavy atom. The zero-order valence-electron chi connectivity index (χ0n) is 14.6. The summed E-state index contributed by atoms with van der Waals surface area (Å²) in [6.45, 7) is 6.36. The maximum Gasteiger partial charge on any atom is 0.220 e. The van der Waals surface area contributed by atoms with Crippen LogP contribution in [0.15, 0.2) is 6.20 Å². The predicted molar refractivity (Wildman–Crippen MR) is 89.6 cm³/mol. The quantitative estimate of drug-likeness (QED) is 0.834. The van der Waals surface area contributed by atoms with E-state index in [2.05, 4.69) is 21.5 Å². The van der Waals surface area contributed by atoms with Crippen molar-refractivity contribution in [2.24, 2.45) is 0 Å². The zero-order valence-corrected chi connectivity index (χ0v) is 14.6. The second kappa shape index (κ2) is 7.88. The van der Waals surface area contributed by atoms with Crippen LogP contribution in [0.1, 0.15) is 42.3 Å². The molecule has 0 aliphatic rings. The lowest BCUT2D eigenvalue weighted by atomic mass is 10.1. The summed E-state index contributed by atoms with van der Waals surface area (Å²) in [7, 11) is 1.63. The Kier molecular flexibility index (Phi) is 5.88. The number of carbonyl (C=O) groups is 1. The highest BCUT2D eigenvalue weighted by Crippen LogP contribution is 2.18. The number of fused-ring (bicyclic) bond motifs is 1. The summed E-state index contributed by atoms with van der Waals surface area (Å²) in [5.41, 5.74) is 3.75. The number of nitrogens with one attached hydrogen (secondary N) is 1. The van der Waals surface area contributed by atoms with Crippen LogP contribution in [0.4, 0.5) is 0 Å². The van der Waals surface area contributed by atoms with Gasteiger partial charge < -0.3 is 10.1 Å². The van der Waals surface area contributed by atoms with Crippen LogP contribution in [0.2, 0.25) is 0 Å². The van der Waals surface area contributed by atoms with Gasteiger partial charge in [0, 0.05) is 24.9 Å². The summed E-state index contributed by atoms with van der Waals surface area (Å²) in [5, 5.41) is 16.3. The first-order chi connectivity index (χ1) is 11.5. The maximum absolute atomic E-state index is 12.1. The molecule has 0 aliphatic heterocycles. The van der Waals surface area contributed by atoms with Crippen LogP contribution in [0.3, 0.4) is 0 Å². The molecule has 2 heterocycles. The number of methoxy groups -OCH3 is 1. The normalized spacial score (nSPS) is 12.1. The Balaban J connectivity index is 2.13. The molecule has 2 aromatic heterocycles. The van der Waals surface area contributed by atoms with Crippen LogP contribution in [0.25, 0.3) is 5.65 Å². The van der Waals surface area contributed by atoms with Crippen molar-refractivity contribution < 1.29 is 9.53 Å². The highest BCUT2D eigenvalue weighted by Gasteiger charge is 2.16. The van der Waals surface area contributed by atoms with Crippen molar-refractivity contribution in [1.82, 2.24) is 19.9 Å². The molecule has 128 valence electrons. The molecule has 2 rings (SSSR count). The van der Waals surface area contributed by atoms with E-state index in [1.807, 2.05) is 20.8 Å². The van der Waals surface area contributed by atoms with Crippen molar-refractivity contribution in [1.29, 1.82) is 5.26 Å². The number of aryl methyl sites for hydroxylation is 2. The van der Waals surface area contributed by atoms with Gasteiger partial charge >= 0.3 is 0 Å². The minimum atomic E-state index is -0.00373. The molecule has 0 saturated heterocycles. The van der Waals surface area contributed by atoms with E-state index in [4.69, 9.17) is 10.00 Å². The van der Waals surface area contributed by atoms with E-state index >= 15 is 0 Å². The average molecular weight is 329 g/mol. The number of ether oxygens (including phenoxy) is 1. The van der Waals surface area contributed by atoms with Crippen LogP contribution in [-0.4, -0.2) is 40.3 Å². The first kappa shape index (κ1) is 17.9. The number of nitriles is 1. The molecule has 0 fully saturated rings. The molecule has 0 aromatic carbocycles. The van der Waals surface area contributed by atoms with Gasteiger partial charge in [0.05, 0.1) is 18.8 Å². The third-order valence-electron chi connectivity index (χ3n) is 4.16. The Hall–Kier alpha value is -2.46. The van der Waals surface area contributed by atoms with Crippen LogP contribution < -0.4 is 5.32 Å². The third kappa shape index (κ3) is 3.71. The van der Waals surface area contributed by atoms with E-state index in [9.17, 15) is 4.79 Å². The third-order valence-corrected chi connectivity index (χ3v) is 4.16. The average Bonchev–Trinajstić information content (AvgIpc) is 2.97. The fraction of sp³-hybridized carbons (Fsp3) is 0.529. The lowest BCUT2D eigenvalue weighted by molar-refractivity contribution is -0.122. The van der Waals surface area contributed by atoms with E-state index in [0.29, 0.717) is 30.7 Å². The Bertz CT molecular complexity index is 775. The van der Waals surface area contributed by atoms with Gasteiger partial charge in [-0.1, -0.05) is 6.92 Å². The van der Waals surface area contributed by atoms with Gasteiger partial charge in [-0.3, -0.25) is 4.79 Å². The maximum atomic E-state index is 12.1. The number of hydrogen-bond acceptors (Lipinski definition) is 5. The van der Waals surface area contributed by atoms with E-state index < -0.39 is 0 Å². The minimum Gasteiger partial charge on any atom is -0.383 e. The lowest BCUT2D eigenvalue weighted by Crippen LogP contribution is -2.37. The van der Waals surface area contributed by atoms with Crippen LogP contribution >= 0.6 is 0 Å². The molecule has 1 amide bonds. The van der Waals surface area contributed by atoms with Gasteiger partial charge in [-0.2, -0.15) is 10.4 Å². The monoisotopic (exact) mass is 329 g/mol. The molecule has 0 bridgehead atoms. The fourth-order valence-electron chi connectivity index (χ4n) is 2.75. The van der Waals surface area contributed by atoms with Crippen molar-refractivity contribution in [3.05, 3.63) is 28.7 Å². The molecule has 0 spiro atoms. The molecule has 2 aromatic rings. The molecule has 1 atom stereocenters. The molecule has 7 heteroatoms. The molecule has 0 aliphatic carbocycles. The first-order valence-electron chi connectivity index (χ1n) is 8.04. The number of carbonyl (C=O) groups excluding carboxylic acids is 1. The van der Waals surface area contributed by atoms with Gasteiger partial charge in [-0.15, -0.1) is 0 Å². The summed E-state index contributed by atoms with van der Waals surface area (Å²) < 4.78 is 6.76. The van der Waals surface area contributed by atoms with E-state index in [0.717, 1.165) is 23.4 Å². The van der Waals surface area contributed by atoms with E-state index in [1.54, 1.807) is 11.6 Å². The summed E-state index contributed by atoms with van der Waals surface area (Å²) in [4.78, 5) is 16.6. The largest absolute Gasteiger partial charge is 0.383 e. The molecule has 0 radical (unpaired) electrons. The van der Waals surface area contributed by atoms with Gasteiger partial charge in [-0.05, 0) is 32.3 Å². The number of rotatable bonds is 7. The van der Waals surface area contributed by atoms with Gasteiger partial charge in [0.1, 0.15) is 11.6 Å². The summed E-state index contributed by atoms with van der Waals surface area (Å²) >= 11 is 0. The topological polar surface area (TPSA) is 92.3 Å². The van der Waals surface area contributed by atoms with Crippen molar-refractivity contribution in [2.75, 3.05) is 13.7 Å². The first-order valence-corrected chi connectivity index (χ1v) is 8.04. The fourth-order valence-corrected chi connectivity index (χ4v) is 2.75. The predicted octanol–water partition coefficient (Wildman–Crippen LogP) is 1.69. The number of aromatic nitrogens is 3. The Labute approximate surface area is 141 Å². The SMILES string of the molecule is CCC(COC)NC(=O)CCc1c(C)nc2c(C#N)cnn2c1C. The van der Waals surface area contributed by atoms with Crippen molar-refractivity contribution in [3.63, 3.8) is 0 Å². The molecular formula is C17H23N5O2. The molecule has 24 heavy (non-hydrogen) atoms. The lowest BCUT2D eigenvalue weighted by Gasteiger charge is -2.16.